The summed E-state index contributed by atoms with van der Waals surface area (Å²) in [5.41, 5.74) is 9.16. The van der Waals surface area contributed by atoms with Crippen LogP contribution in [0.1, 0.15) is 30.4 Å². The summed E-state index contributed by atoms with van der Waals surface area (Å²) < 4.78 is 0. The molecule has 1 saturated heterocycles. The number of carbonyl (C=O) groups excluding carboxylic acids is 1. The van der Waals surface area contributed by atoms with Crippen LogP contribution in [0.25, 0.3) is 0 Å². The third-order valence-electron chi connectivity index (χ3n) is 3.87. The zero-order valence-electron chi connectivity index (χ0n) is 13.3. The van der Waals surface area contributed by atoms with Crippen molar-refractivity contribution in [1.82, 2.24) is 4.90 Å². The first kappa shape index (κ1) is 18.7. The standard InChI is InChI=1S/C16H24N4O.HI/c1-12-6-7-14(10-13(12)2)19-16(17)18-11-15(21)20-8-4-3-5-9-20;/h6-7,10H,3-5,8-9,11H2,1-2H3,(H3,17,18,19);1H. The summed E-state index contributed by atoms with van der Waals surface area (Å²) in [6.45, 7) is 5.92. The Morgan fingerprint density at radius 3 is 2.55 bits per heavy atom. The second-order valence-electron chi connectivity index (χ2n) is 5.57. The fourth-order valence-electron chi connectivity index (χ4n) is 2.40. The van der Waals surface area contributed by atoms with Gasteiger partial charge in [-0.05, 0) is 56.4 Å². The maximum Gasteiger partial charge on any atom is 0.244 e. The number of nitrogens with two attached hydrogens (primary N) is 1. The number of carbonyl (C=O) groups is 1. The summed E-state index contributed by atoms with van der Waals surface area (Å²) in [6, 6.07) is 6.01. The molecule has 0 atom stereocenters. The molecule has 2 rings (SSSR count). The number of benzene rings is 1. The SMILES string of the molecule is Cc1ccc(NC(N)=NCC(=O)N2CCCCC2)cc1C.I. The molecule has 5 nitrogen and oxygen atoms in total. The number of nitrogens with one attached hydrogen (secondary N) is 1. The van der Waals surface area contributed by atoms with Gasteiger partial charge in [-0.2, -0.15) is 0 Å². The first-order valence-corrected chi connectivity index (χ1v) is 7.48. The van der Waals surface area contributed by atoms with Crippen LogP contribution in [0.5, 0.6) is 0 Å². The highest BCUT2D eigenvalue weighted by atomic mass is 127. The van der Waals surface area contributed by atoms with Gasteiger partial charge in [-0.25, -0.2) is 4.99 Å². The van der Waals surface area contributed by atoms with E-state index in [1.165, 1.54) is 17.5 Å². The van der Waals surface area contributed by atoms with Gasteiger partial charge in [0.2, 0.25) is 5.91 Å². The van der Waals surface area contributed by atoms with Crippen LogP contribution in [-0.2, 0) is 4.79 Å². The van der Waals surface area contributed by atoms with E-state index in [4.69, 9.17) is 5.73 Å². The summed E-state index contributed by atoms with van der Waals surface area (Å²) in [5.74, 6) is 0.336. The van der Waals surface area contributed by atoms with Crippen LogP contribution in [0.15, 0.2) is 23.2 Å². The molecule has 0 aliphatic carbocycles. The molecule has 6 heteroatoms. The molecule has 0 radical (unpaired) electrons. The minimum Gasteiger partial charge on any atom is -0.370 e. The third kappa shape index (κ3) is 5.47. The lowest BCUT2D eigenvalue weighted by Crippen LogP contribution is -2.37. The van der Waals surface area contributed by atoms with Crippen molar-refractivity contribution in [2.75, 3.05) is 25.0 Å². The first-order chi connectivity index (χ1) is 10.1. The summed E-state index contributed by atoms with van der Waals surface area (Å²) in [5, 5.41) is 3.03. The van der Waals surface area contributed by atoms with Gasteiger partial charge in [-0.3, -0.25) is 4.79 Å². The van der Waals surface area contributed by atoms with Crippen LogP contribution in [0.2, 0.25) is 0 Å². The van der Waals surface area contributed by atoms with Gasteiger partial charge in [0.25, 0.3) is 0 Å². The highest BCUT2D eigenvalue weighted by molar-refractivity contribution is 14.0. The fourth-order valence-corrected chi connectivity index (χ4v) is 2.40. The Morgan fingerprint density at radius 1 is 1.23 bits per heavy atom. The predicted molar refractivity (Wildman–Crippen MR) is 102 cm³/mol. The molecule has 0 spiro atoms. The number of rotatable bonds is 3. The second-order valence-corrected chi connectivity index (χ2v) is 5.57. The molecule has 1 amide bonds. The van der Waals surface area contributed by atoms with Crippen molar-refractivity contribution in [2.24, 2.45) is 10.7 Å². The molecule has 22 heavy (non-hydrogen) atoms. The number of aryl methyl sites for hydroxylation is 2. The Morgan fingerprint density at radius 2 is 1.91 bits per heavy atom. The number of hydrogen-bond donors (Lipinski definition) is 2. The number of amides is 1. The molecule has 1 aromatic rings. The zero-order valence-corrected chi connectivity index (χ0v) is 15.6. The van der Waals surface area contributed by atoms with Crippen molar-refractivity contribution in [2.45, 2.75) is 33.1 Å². The van der Waals surface area contributed by atoms with Gasteiger partial charge in [-0.1, -0.05) is 6.07 Å². The number of nitrogens with zero attached hydrogens (tertiary/aromatic N) is 2. The van der Waals surface area contributed by atoms with E-state index in [9.17, 15) is 4.79 Å². The Kier molecular flexibility index (Phi) is 7.64. The molecular formula is C16H25IN4O. The minimum absolute atomic E-state index is 0. The van der Waals surface area contributed by atoms with Gasteiger partial charge in [0, 0.05) is 18.8 Å². The van der Waals surface area contributed by atoms with Gasteiger partial charge < -0.3 is 16.0 Å². The van der Waals surface area contributed by atoms with Crippen LogP contribution in [0.4, 0.5) is 5.69 Å². The molecule has 3 N–H and O–H groups in total. The van der Waals surface area contributed by atoms with Crippen LogP contribution in [0.3, 0.4) is 0 Å². The highest BCUT2D eigenvalue weighted by Crippen LogP contribution is 2.13. The van der Waals surface area contributed by atoms with Crippen molar-refractivity contribution < 1.29 is 4.79 Å². The molecule has 1 aromatic carbocycles. The van der Waals surface area contributed by atoms with Crippen LogP contribution in [-0.4, -0.2) is 36.4 Å². The molecule has 1 heterocycles. The smallest absolute Gasteiger partial charge is 0.244 e. The largest absolute Gasteiger partial charge is 0.370 e. The van der Waals surface area contributed by atoms with E-state index in [2.05, 4.69) is 17.2 Å². The minimum atomic E-state index is 0. The molecule has 0 unspecified atom stereocenters. The molecule has 122 valence electrons. The Hall–Kier alpha value is -1.31. The molecule has 1 fully saturated rings. The first-order valence-electron chi connectivity index (χ1n) is 7.48. The van der Waals surface area contributed by atoms with Gasteiger partial charge in [0.15, 0.2) is 5.96 Å². The lowest BCUT2D eigenvalue weighted by atomic mass is 10.1. The lowest BCUT2D eigenvalue weighted by Gasteiger charge is -2.26. The number of piperidine rings is 1. The van der Waals surface area contributed by atoms with Crippen molar-refractivity contribution in [3.8, 4) is 0 Å². The molecule has 1 aliphatic rings. The van der Waals surface area contributed by atoms with E-state index in [0.29, 0.717) is 0 Å². The van der Waals surface area contributed by atoms with E-state index < -0.39 is 0 Å². The Balaban J connectivity index is 0.00000242. The predicted octanol–water partition coefficient (Wildman–Crippen LogP) is 2.66. The van der Waals surface area contributed by atoms with Gasteiger partial charge in [-0.15, -0.1) is 24.0 Å². The molecular weight excluding hydrogens is 391 g/mol. The van der Waals surface area contributed by atoms with E-state index in [-0.39, 0.29) is 42.4 Å². The van der Waals surface area contributed by atoms with Crippen molar-refractivity contribution in [3.63, 3.8) is 0 Å². The van der Waals surface area contributed by atoms with Crippen molar-refractivity contribution >= 4 is 41.5 Å². The molecule has 0 saturated carbocycles. The maximum absolute atomic E-state index is 12.0. The summed E-state index contributed by atoms with van der Waals surface area (Å²) in [4.78, 5) is 18.0. The van der Waals surface area contributed by atoms with E-state index in [0.717, 1.165) is 31.6 Å². The number of anilines is 1. The summed E-state index contributed by atoms with van der Waals surface area (Å²) in [7, 11) is 0. The van der Waals surface area contributed by atoms with E-state index in [1.54, 1.807) is 0 Å². The van der Waals surface area contributed by atoms with E-state index in [1.807, 2.05) is 30.0 Å². The number of guanidine groups is 1. The molecule has 0 aromatic heterocycles. The Bertz CT molecular complexity index is 539. The van der Waals surface area contributed by atoms with E-state index >= 15 is 0 Å². The van der Waals surface area contributed by atoms with Gasteiger partial charge in [0.05, 0.1) is 0 Å². The topological polar surface area (TPSA) is 70.7 Å². The number of likely N-dealkylation sites (tertiary alicyclic amines) is 1. The highest BCUT2D eigenvalue weighted by Gasteiger charge is 2.15. The van der Waals surface area contributed by atoms with Crippen LogP contribution in [0, 0.1) is 13.8 Å². The summed E-state index contributed by atoms with van der Waals surface area (Å²) >= 11 is 0. The summed E-state index contributed by atoms with van der Waals surface area (Å²) in [6.07, 6.45) is 3.39. The molecule has 1 aliphatic heterocycles. The van der Waals surface area contributed by atoms with Crippen LogP contribution >= 0.6 is 24.0 Å². The zero-order chi connectivity index (χ0) is 15.2. The van der Waals surface area contributed by atoms with Gasteiger partial charge in [0.1, 0.15) is 6.54 Å². The monoisotopic (exact) mass is 416 g/mol. The quantitative estimate of drug-likeness (QED) is 0.452. The normalized spacial score (nSPS) is 15.2. The molecule has 0 bridgehead atoms. The average Bonchev–Trinajstić information content (AvgIpc) is 2.49. The Labute approximate surface area is 149 Å². The lowest BCUT2D eigenvalue weighted by molar-refractivity contribution is -0.130. The van der Waals surface area contributed by atoms with Crippen LogP contribution < -0.4 is 11.1 Å². The second kappa shape index (κ2) is 8.97. The number of halogens is 1. The fraction of sp³-hybridized carbons (Fsp3) is 0.500. The van der Waals surface area contributed by atoms with Crippen molar-refractivity contribution in [3.05, 3.63) is 29.3 Å². The maximum atomic E-state index is 12.0. The number of aliphatic imine (C=N–C) groups is 1. The average molecular weight is 416 g/mol. The van der Waals surface area contributed by atoms with Crippen molar-refractivity contribution in [1.29, 1.82) is 0 Å². The van der Waals surface area contributed by atoms with Gasteiger partial charge >= 0.3 is 0 Å². The number of hydrogen-bond acceptors (Lipinski definition) is 2. The third-order valence-corrected chi connectivity index (χ3v) is 3.87.